The zero-order valence-electron chi connectivity index (χ0n) is 55.4. The fourth-order valence-electron chi connectivity index (χ4n) is 17.2. The fraction of sp³-hybridized carbons (Fsp3) is 0.0323. The number of nitrogens with zero attached hydrogens (tertiary/aromatic N) is 3. The first kappa shape index (κ1) is 59.7. The molecule has 0 N–H and O–H groups in total. The first-order chi connectivity index (χ1) is 48.9. The van der Waals surface area contributed by atoms with Crippen LogP contribution in [-0.2, 0) is 5.41 Å². The van der Waals surface area contributed by atoms with Crippen LogP contribution in [0, 0.1) is 0 Å². The Bertz CT molecular complexity index is 5240. The summed E-state index contributed by atoms with van der Waals surface area (Å²) in [6.45, 7) is 4.56. The summed E-state index contributed by atoms with van der Waals surface area (Å²) in [6.07, 6.45) is 0. The Kier molecular flexibility index (Phi) is 14.7. The zero-order valence-corrected chi connectivity index (χ0v) is 57.4. The van der Waals surface area contributed by atoms with E-state index < -0.39 is 16.1 Å². The monoisotopic (exact) mass is 1300 g/mol. The minimum absolute atomic E-state index is 0.223. The van der Waals surface area contributed by atoms with Crippen LogP contribution >= 0.6 is 0 Å². The van der Waals surface area contributed by atoms with Gasteiger partial charge in [0.25, 0.3) is 6.71 Å². The molecule has 0 fully saturated rings. The molecule has 0 aromatic heterocycles. The van der Waals surface area contributed by atoms with Crippen molar-refractivity contribution in [3.8, 4) is 22.3 Å². The molecule has 0 unspecified atom stereocenters. The summed E-state index contributed by atoms with van der Waals surface area (Å²) >= 11 is 0. The third kappa shape index (κ3) is 9.53. The van der Waals surface area contributed by atoms with E-state index in [0.29, 0.717) is 0 Å². The summed E-state index contributed by atoms with van der Waals surface area (Å²) in [5.74, 6) is 0. The van der Waals surface area contributed by atoms with Crippen LogP contribution in [0.25, 0.3) is 22.3 Å². The van der Waals surface area contributed by atoms with Gasteiger partial charge in [-0.15, -0.1) is 0 Å². The smallest absolute Gasteiger partial charge is 0.252 e. The lowest BCUT2D eigenvalue weighted by atomic mass is 9.33. The number of hydrogen-bond donors (Lipinski definition) is 0. The fourth-order valence-corrected chi connectivity index (χ4v) is 26.7. The molecule has 0 saturated heterocycles. The highest BCUT2D eigenvalue weighted by Crippen LogP contribution is 2.55. The summed E-state index contributed by atoms with van der Waals surface area (Å²) in [6, 6.07) is 148. The van der Waals surface area contributed by atoms with Gasteiger partial charge >= 0.3 is 0 Å². The summed E-state index contributed by atoms with van der Waals surface area (Å²) in [5.41, 5.74) is 20.9. The molecule has 0 bridgehead atoms. The van der Waals surface area contributed by atoms with E-state index >= 15 is 0 Å². The third-order valence-electron chi connectivity index (χ3n) is 21.5. The molecule has 0 amide bonds. The molecule has 18 rings (SSSR count). The van der Waals surface area contributed by atoms with Crippen LogP contribution in [0.4, 0.5) is 51.2 Å². The molecule has 3 aliphatic rings. The second-order valence-electron chi connectivity index (χ2n) is 27.0. The predicted molar refractivity (Wildman–Crippen MR) is 425 cm³/mol. The predicted octanol–water partition coefficient (Wildman–Crippen LogP) is 16.0. The van der Waals surface area contributed by atoms with Gasteiger partial charge in [0.15, 0.2) is 16.1 Å². The van der Waals surface area contributed by atoms with Crippen molar-refractivity contribution >= 4 is 132 Å². The van der Waals surface area contributed by atoms with Crippen molar-refractivity contribution in [3.05, 3.63) is 399 Å². The van der Waals surface area contributed by atoms with Crippen molar-refractivity contribution in [2.75, 3.05) is 14.7 Å². The summed E-state index contributed by atoms with van der Waals surface area (Å²) in [5, 5.41) is 10.6. The second kappa shape index (κ2) is 24.4. The molecule has 0 radical (unpaired) electrons. The maximum absolute atomic E-state index is 3.17. The Morgan fingerprint density at radius 1 is 0.232 bits per heavy atom. The van der Waals surface area contributed by atoms with Gasteiger partial charge in [-0.25, -0.2) is 0 Å². The van der Waals surface area contributed by atoms with E-state index in [4.69, 9.17) is 0 Å². The lowest BCUT2D eigenvalue weighted by Crippen LogP contribution is -2.75. The van der Waals surface area contributed by atoms with Crippen LogP contribution in [0.5, 0.6) is 0 Å². The maximum Gasteiger partial charge on any atom is 0.252 e. The molecular formula is C93H70BN3Si2. The number of para-hydroxylation sites is 3. The first-order valence-corrected chi connectivity index (χ1v) is 38.6. The molecule has 3 nitrogen and oxygen atoms in total. The first-order valence-electron chi connectivity index (χ1n) is 34.6. The minimum atomic E-state index is -3.17. The number of benzene rings is 15. The number of fused-ring (bicyclic) bond motifs is 6. The third-order valence-corrected chi connectivity index (χ3v) is 31.0. The molecule has 15 aromatic rings. The van der Waals surface area contributed by atoms with Crippen molar-refractivity contribution in [2.24, 2.45) is 0 Å². The molecule has 15 aromatic carbocycles. The Labute approximate surface area is 583 Å². The standard InChI is InChI=1S/C93H70BN3Si2/c1-93(2)81-53-28-31-56-86(81)96(87-57-32-29-54-82(87)93)71-64-90-92-91(65-71)97(85-55-30-27-52-80(85)68-36-13-4-14-37-68)88-61-58-69(67-34-11-3-12-35-67)62-84(88)94(92)83-60-59-79(99(75-45-21-8-22-46-75,76-47-23-9-24-48-76)77-49-25-10-26-50-77)66-89(83)95(90)70-38-33-51-78(63-70)98(72-39-15-5-16-40-72,73-41-17-6-18-42-73)74-43-19-7-20-44-74/h3-66H,1-2H3. The van der Waals surface area contributed by atoms with Crippen molar-refractivity contribution in [1.82, 2.24) is 0 Å². The van der Waals surface area contributed by atoms with Crippen molar-refractivity contribution in [2.45, 2.75) is 19.3 Å². The second-order valence-corrected chi connectivity index (χ2v) is 34.7. The summed E-state index contributed by atoms with van der Waals surface area (Å²) in [4.78, 5) is 7.91. The molecule has 0 aliphatic carbocycles. The van der Waals surface area contributed by atoms with Crippen LogP contribution in [-0.4, -0.2) is 22.9 Å². The highest BCUT2D eigenvalue weighted by molar-refractivity contribution is 7.20. The van der Waals surface area contributed by atoms with Crippen molar-refractivity contribution in [3.63, 3.8) is 0 Å². The largest absolute Gasteiger partial charge is 0.311 e. The van der Waals surface area contributed by atoms with Crippen LogP contribution in [0.2, 0.25) is 0 Å². The average molecular weight is 1300 g/mol. The minimum Gasteiger partial charge on any atom is -0.311 e. The van der Waals surface area contributed by atoms with Gasteiger partial charge in [0.1, 0.15) is 0 Å². The van der Waals surface area contributed by atoms with E-state index in [1.807, 2.05) is 0 Å². The average Bonchev–Trinajstić information content (AvgIpc) is 0.687. The van der Waals surface area contributed by atoms with E-state index in [9.17, 15) is 0 Å². The van der Waals surface area contributed by atoms with Gasteiger partial charge < -0.3 is 14.7 Å². The summed E-state index contributed by atoms with van der Waals surface area (Å²) in [7, 11) is -6.29. The molecule has 3 aliphatic heterocycles. The number of hydrogen-bond acceptors (Lipinski definition) is 3. The number of rotatable bonds is 13. The highest BCUT2D eigenvalue weighted by atomic mass is 28.3. The lowest BCUT2D eigenvalue weighted by molar-refractivity contribution is 0.632. The Balaban J connectivity index is 1.01. The Hall–Kier alpha value is -11.8. The Morgan fingerprint density at radius 3 is 1.12 bits per heavy atom. The number of anilines is 9. The van der Waals surface area contributed by atoms with Crippen molar-refractivity contribution in [1.29, 1.82) is 0 Å². The molecule has 0 atom stereocenters. The molecule has 3 heterocycles. The van der Waals surface area contributed by atoms with E-state index in [1.54, 1.807) is 0 Å². The summed E-state index contributed by atoms with van der Waals surface area (Å²) < 4.78 is 0. The van der Waals surface area contributed by atoms with E-state index in [-0.39, 0.29) is 12.1 Å². The molecule has 468 valence electrons. The molecule has 99 heavy (non-hydrogen) atoms. The maximum atomic E-state index is 2.71. The lowest BCUT2D eigenvalue weighted by Gasteiger charge is -2.47. The van der Waals surface area contributed by atoms with E-state index in [2.05, 4.69) is 417 Å². The molecule has 0 spiro atoms. The highest BCUT2D eigenvalue weighted by Gasteiger charge is 2.49. The van der Waals surface area contributed by atoms with Gasteiger partial charge in [0, 0.05) is 39.4 Å². The van der Waals surface area contributed by atoms with Gasteiger partial charge in [-0.3, -0.25) is 0 Å². The molecular weight excluding hydrogens is 1230 g/mol. The van der Waals surface area contributed by atoms with Crippen LogP contribution in [0.1, 0.15) is 25.0 Å². The SMILES string of the molecule is CC1(C)c2ccccc2N(c2cc3c4c(c2)N(c2ccccc2-c2ccccc2)c2ccc(-c5ccccc5)cc2B4c2ccc([Si](c4ccccc4)(c4ccccc4)c4ccccc4)cc2N3c2cccc([Si](c3ccccc3)(c3ccccc3)c3ccccc3)c2)c2ccccc21. The van der Waals surface area contributed by atoms with Crippen LogP contribution < -0.4 is 72.6 Å². The van der Waals surface area contributed by atoms with Gasteiger partial charge in [-0.2, -0.15) is 0 Å². The Morgan fingerprint density at radius 2 is 0.626 bits per heavy atom. The van der Waals surface area contributed by atoms with Gasteiger partial charge in [0.05, 0.1) is 22.7 Å². The van der Waals surface area contributed by atoms with Gasteiger partial charge in [0.2, 0.25) is 0 Å². The normalized spacial score (nSPS) is 13.4. The van der Waals surface area contributed by atoms with Gasteiger partial charge in [-0.1, -0.05) is 347 Å². The van der Waals surface area contributed by atoms with Crippen molar-refractivity contribution < 1.29 is 0 Å². The zero-order chi connectivity index (χ0) is 66.1. The van der Waals surface area contributed by atoms with E-state index in [1.165, 1.54) is 91.5 Å². The topological polar surface area (TPSA) is 9.72 Å². The molecule has 6 heteroatoms. The van der Waals surface area contributed by atoms with Crippen LogP contribution in [0.3, 0.4) is 0 Å². The quantitative estimate of drug-likeness (QED) is 0.0841. The molecule has 0 saturated carbocycles. The van der Waals surface area contributed by atoms with E-state index in [0.717, 1.165) is 50.9 Å². The van der Waals surface area contributed by atoms with Crippen LogP contribution in [0.15, 0.2) is 388 Å². The van der Waals surface area contributed by atoms with Gasteiger partial charge in [-0.05, 0) is 140 Å².